The first-order valence-corrected chi connectivity index (χ1v) is 6.24. The van der Waals surface area contributed by atoms with E-state index in [0.717, 1.165) is 12.1 Å². The fourth-order valence-electron chi connectivity index (χ4n) is 1.38. The van der Waals surface area contributed by atoms with Gasteiger partial charge in [-0.05, 0) is 12.1 Å². The third-order valence-electron chi connectivity index (χ3n) is 2.60. The quantitative estimate of drug-likeness (QED) is 0.455. The van der Waals surface area contributed by atoms with Gasteiger partial charge in [0.2, 0.25) is 0 Å². The summed E-state index contributed by atoms with van der Waals surface area (Å²) in [6.07, 6.45) is -4.92. The van der Waals surface area contributed by atoms with E-state index in [4.69, 9.17) is 5.11 Å². The Balaban J connectivity index is 3.06. The first kappa shape index (κ1) is 21.2. The van der Waals surface area contributed by atoms with Crippen LogP contribution in [0.25, 0.3) is 0 Å². The molecule has 0 aliphatic carbocycles. The first-order chi connectivity index (χ1) is 11.7. The number of carboxylic acids is 1. The number of hydrogen-bond donors (Lipinski definition) is 1. The molecule has 0 atom stereocenters. The van der Waals surface area contributed by atoms with Gasteiger partial charge in [-0.25, -0.2) is 14.4 Å². The van der Waals surface area contributed by atoms with Crippen LogP contribution in [0, 0.1) is 0 Å². The van der Waals surface area contributed by atoms with Crippen LogP contribution in [0.4, 0.5) is 30.7 Å². The maximum Gasteiger partial charge on any atom is 0.422 e. The highest BCUT2D eigenvalue weighted by atomic mass is 19.4. The van der Waals surface area contributed by atoms with Crippen molar-refractivity contribution in [3.63, 3.8) is 0 Å². The van der Waals surface area contributed by atoms with Gasteiger partial charge >= 0.3 is 35.9 Å². The molecule has 1 N–H and O–H groups in total. The lowest BCUT2D eigenvalue weighted by molar-refractivity contribution is -0.229. The molecule has 0 radical (unpaired) electrons. The number of aliphatic carboxylic acids is 1. The largest absolute Gasteiger partial charge is 0.477 e. The van der Waals surface area contributed by atoms with Gasteiger partial charge in [0, 0.05) is 0 Å². The monoisotopic (exact) mass is 392 g/mol. The van der Waals surface area contributed by atoms with Crippen LogP contribution in [0.15, 0.2) is 24.3 Å². The van der Waals surface area contributed by atoms with Gasteiger partial charge in [-0.15, -0.1) is 0 Å². The minimum absolute atomic E-state index is 0.622. The van der Waals surface area contributed by atoms with Gasteiger partial charge in [0.05, 0.1) is 0 Å². The summed E-state index contributed by atoms with van der Waals surface area (Å²) in [4.78, 5) is 32.9. The first-order valence-electron chi connectivity index (χ1n) is 6.24. The second kappa shape index (κ2) is 7.17. The van der Waals surface area contributed by atoms with Crippen LogP contribution in [-0.2, 0) is 14.3 Å². The molecule has 13 heteroatoms. The highest BCUT2D eigenvalue weighted by Gasteiger charge is 2.69. The number of ether oxygens (including phenoxy) is 2. The number of alkyl halides is 7. The lowest BCUT2D eigenvalue weighted by atomic mass is 10.1. The SMILES string of the molecule is O=C(OCC(F)(F)F)c1ccccc1OC(=O)C(F)(F)C(F)(F)C(=O)O. The standard InChI is InChI=1S/C13H7F7O6/c14-11(15,16)5-25-8(21)6-3-1-2-4-7(6)26-10(24)13(19,20)12(17,18)9(22)23/h1-4H,5H2,(H,22,23). The summed E-state index contributed by atoms with van der Waals surface area (Å²) in [5, 5.41) is 8.06. The van der Waals surface area contributed by atoms with Crippen molar-refractivity contribution in [2.24, 2.45) is 0 Å². The predicted octanol–water partition coefficient (Wildman–Crippen LogP) is 2.67. The smallest absolute Gasteiger partial charge is 0.422 e. The fraction of sp³-hybridized carbons (Fsp3) is 0.308. The zero-order valence-corrected chi connectivity index (χ0v) is 12.2. The van der Waals surface area contributed by atoms with E-state index in [2.05, 4.69) is 9.47 Å². The summed E-state index contributed by atoms with van der Waals surface area (Å²) in [5.74, 6) is -20.9. The number of benzene rings is 1. The molecule has 1 aromatic carbocycles. The van der Waals surface area contributed by atoms with E-state index in [9.17, 15) is 45.1 Å². The lowest BCUT2D eigenvalue weighted by Crippen LogP contribution is -2.53. The molecule has 0 heterocycles. The highest BCUT2D eigenvalue weighted by molar-refractivity contribution is 5.95. The lowest BCUT2D eigenvalue weighted by Gasteiger charge is -2.21. The topological polar surface area (TPSA) is 89.9 Å². The number of para-hydroxylation sites is 1. The minimum Gasteiger partial charge on any atom is -0.477 e. The zero-order chi connectivity index (χ0) is 20.3. The molecule has 6 nitrogen and oxygen atoms in total. The molecule has 0 fully saturated rings. The molecule has 1 rings (SSSR count). The van der Waals surface area contributed by atoms with Crippen molar-refractivity contribution < 1.29 is 59.7 Å². The highest BCUT2D eigenvalue weighted by Crippen LogP contribution is 2.36. The zero-order valence-electron chi connectivity index (χ0n) is 12.2. The number of halogens is 7. The Hall–Kier alpha value is -2.86. The molecule has 0 aromatic heterocycles. The van der Waals surface area contributed by atoms with Crippen LogP contribution in [-0.4, -0.2) is 47.6 Å². The number of hydrogen-bond acceptors (Lipinski definition) is 5. The van der Waals surface area contributed by atoms with Crippen LogP contribution in [0.5, 0.6) is 5.75 Å². The van der Waals surface area contributed by atoms with Crippen molar-refractivity contribution in [1.29, 1.82) is 0 Å². The van der Waals surface area contributed by atoms with Gasteiger partial charge in [0.25, 0.3) is 0 Å². The van der Waals surface area contributed by atoms with Crippen molar-refractivity contribution in [3.05, 3.63) is 29.8 Å². The third kappa shape index (κ3) is 4.61. The van der Waals surface area contributed by atoms with E-state index >= 15 is 0 Å². The van der Waals surface area contributed by atoms with Crippen molar-refractivity contribution in [2.75, 3.05) is 6.61 Å². The van der Waals surface area contributed by atoms with Crippen molar-refractivity contribution in [3.8, 4) is 5.75 Å². The molecule has 0 amide bonds. The van der Waals surface area contributed by atoms with E-state index in [-0.39, 0.29) is 0 Å². The van der Waals surface area contributed by atoms with Crippen LogP contribution in [0.3, 0.4) is 0 Å². The maximum atomic E-state index is 13.3. The Labute approximate surface area is 139 Å². The number of carboxylic acid groups (broad SMARTS) is 1. The van der Waals surface area contributed by atoms with Crippen molar-refractivity contribution >= 4 is 17.9 Å². The molecule has 0 bridgehead atoms. The Morgan fingerprint density at radius 2 is 1.46 bits per heavy atom. The molecular weight excluding hydrogens is 385 g/mol. The number of carbonyl (C=O) groups excluding carboxylic acids is 2. The average molecular weight is 392 g/mol. The molecule has 0 saturated heterocycles. The van der Waals surface area contributed by atoms with Gasteiger partial charge < -0.3 is 14.6 Å². The maximum absolute atomic E-state index is 13.3. The predicted molar refractivity (Wildman–Crippen MR) is 65.9 cm³/mol. The summed E-state index contributed by atoms with van der Waals surface area (Å²) in [6, 6.07) is 3.31. The van der Waals surface area contributed by atoms with E-state index in [1.54, 1.807) is 0 Å². The van der Waals surface area contributed by atoms with Gasteiger partial charge in [0.1, 0.15) is 11.3 Å². The molecular formula is C13H7F7O6. The summed E-state index contributed by atoms with van der Waals surface area (Å²) in [6.45, 7) is -2.05. The second-order valence-corrected chi connectivity index (χ2v) is 4.53. The minimum atomic E-state index is -5.84. The summed E-state index contributed by atoms with van der Waals surface area (Å²) in [7, 11) is 0. The van der Waals surface area contributed by atoms with Gasteiger partial charge in [0.15, 0.2) is 6.61 Å². The molecule has 0 spiro atoms. The second-order valence-electron chi connectivity index (χ2n) is 4.53. The van der Waals surface area contributed by atoms with Crippen LogP contribution < -0.4 is 4.74 Å². The number of esters is 2. The Bertz CT molecular complexity index is 713. The van der Waals surface area contributed by atoms with Crippen LogP contribution in [0.1, 0.15) is 10.4 Å². The van der Waals surface area contributed by atoms with E-state index in [1.807, 2.05) is 0 Å². The van der Waals surface area contributed by atoms with Gasteiger partial charge in [-0.2, -0.15) is 30.7 Å². The molecule has 0 aliphatic rings. The Kier molecular flexibility index (Phi) is 5.84. The molecule has 26 heavy (non-hydrogen) atoms. The van der Waals surface area contributed by atoms with Gasteiger partial charge in [-0.1, -0.05) is 12.1 Å². The Morgan fingerprint density at radius 3 is 1.96 bits per heavy atom. The molecule has 0 aliphatic heterocycles. The van der Waals surface area contributed by atoms with Crippen molar-refractivity contribution in [2.45, 2.75) is 18.0 Å². The average Bonchev–Trinajstić information content (AvgIpc) is 2.51. The summed E-state index contributed by atoms with van der Waals surface area (Å²) in [5.41, 5.74) is -0.959. The normalized spacial score (nSPS) is 12.4. The van der Waals surface area contributed by atoms with Crippen LogP contribution >= 0.6 is 0 Å². The third-order valence-corrected chi connectivity index (χ3v) is 2.60. The van der Waals surface area contributed by atoms with E-state index < -0.39 is 53.8 Å². The van der Waals surface area contributed by atoms with Crippen LogP contribution in [0.2, 0.25) is 0 Å². The summed E-state index contributed by atoms with van der Waals surface area (Å²) >= 11 is 0. The van der Waals surface area contributed by atoms with E-state index in [1.165, 1.54) is 0 Å². The van der Waals surface area contributed by atoms with Crippen molar-refractivity contribution in [1.82, 2.24) is 0 Å². The number of carbonyl (C=O) groups is 3. The molecule has 0 unspecified atom stereocenters. The number of rotatable bonds is 6. The fourth-order valence-corrected chi connectivity index (χ4v) is 1.38. The van der Waals surface area contributed by atoms with E-state index in [0.29, 0.717) is 12.1 Å². The molecule has 144 valence electrons. The molecule has 0 saturated carbocycles. The molecule has 1 aromatic rings. The summed E-state index contributed by atoms with van der Waals surface area (Å²) < 4.78 is 96.2. The van der Waals surface area contributed by atoms with Gasteiger partial charge in [-0.3, -0.25) is 0 Å². The Morgan fingerprint density at radius 1 is 0.923 bits per heavy atom.